The summed E-state index contributed by atoms with van der Waals surface area (Å²) in [6, 6.07) is 20.3. The zero-order chi connectivity index (χ0) is 24.2. The van der Waals surface area contributed by atoms with E-state index in [-0.39, 0.29) is 0 Å². The Morgan fingerprint density at radius 2 is 1.74 bits per heavy atom. The smallest absolute Gasteiger partial charge is 0.130 e. The number of anilines is 2. The average molecular weight is 461 g/mol. The predicted molar refractivity (Wildman–Crippen MR) is 142 cm³/mol. The minimum Gasteiger partial charge on any atom is -0.494 e. The van der Waals surface area contributed by atoms with E-state index in [1.54, 1.807) is 6.20 Å². The van der Waals surface area contributed by atoms with Crippen molar-refractivity contribution in [2.45, 2.75) is 72.3 Å². The third-order valence-corrected chi connectivity index (χ3v) is 6.17. The molecule has 0 aliphatic carbocycles. The molecule has 1 aromatic heterocycles. The van der Waals surface area contributed by atoms with Gasteiger partial charge in [0.1, 0.15) is 18.1 Å². The highest BCUT2D eigenvalue weighted by molar-refractivity contribution is 5.66. The first-order valence-electron chi connectivity index (χ1n) is 12.8. The topological polar surface area (TPSA) is 43.4 Å². The number of benzene rings is 2. The standard InChI is InChI=1S/C30H40N2O2/c1-5-11-24(6-2)12-10-19-33-27-15-9-14-25(20-27)32-30-17-16-28(21-29(30)23(3)4)34-22-26-13-7-8-18-31-26/h7-9,13-18,20-21,23-24,32H,5-6,10-12,19,22H2,1-4H3. The number of rotatable bonds is 14. The van der Waals surface area contributed by atoms with E-state index < -0.39 is 0 Å². The van der Waals surface area contributed by atoms with Crippen LogP contribution in [0, 0.1) is 5.92 Å². The summed E-state index contributed by atoms with van der Waals surface area (Å²) in [5.74, 6) is 2.95. The molecule has 0 spiro atoms. The van der Waals surface area contributed by atoms with Gasteiger partial charge in [-0.1, -0.05) is 59.1 Å². The molecule has 0 bridgehead atoms. The summed E-state index contributed by atoms with van der Waals surface area (Å²) in [7, 11) is 0. The lowest BCUT2D eigenvalue weighted by Crippen LogP contribution is -2.04. The maximum absolute atomic E-state index is 6.06. The van der Waals surface area contributed by atoms with Crippen molar-refractivity contribution in [3.05, 3.63) is 78.1 Å². The Hall–Kier alpha value is -3.01. The van der Waals surface area contributed by atoms with Crippen molar-refractivity contribution in [2.24, 2.45) is 5.92 Å². The van der Waals surface area contributed by atoms with Gasteiger partial charge in [-0.3, -0.25) is 4.98 Å². The number of nitrogens with zero attached hydrogens (tertiary/aromatic N) is 1. The van der Waals surface area contributed by atoms with Crippen molar-refractivity contribution >= 4 is 11.4 Å². The molecule has 0 saturated carbocycles. The second-order valence-electron chi connectivity index (χ2n) is 9.22. The van der Waals surface area contributed by atoms with Gasteiger partial charge >= 0.3 is 0 Å². The van der Waals surface area contributed by atoms with E-state index in [0.29, 0.717) is 12.5 Å². The number of hydrogen-bond donors (Lipinski definition) is 1. The molecule has 0 saturated heterocycles. The lowest BCUT2D eigenvalue weighted by Gasteiger charge is -2.17. The van der Waals surface area contributed by atoms with Crippen molar-refractivity contribution in [2.75, 3.05) is 11.9 Å². The Bertz CT molecular complexity index is 988. The summed E-state index contributed by atoms with van der Waals surface area (Å²) in [5.41, 5.74) is 4.25. The van der Waals surface area contributed by atoms with Gasteiger partial charge in [0.2, 0.25) is 0 Å². The molecule has 34 heavy (non-hydrogen) atoms. The van der Waals surface area contributed by atoms with Gasteiger partial charge < -0.3 is 14.8 Å². The van der Waals surface area contributed by atoms with Gasteiger partial charge in [0.25, 0.3) is 0 Å². The molecule has 0 fully saturated rings. The molecule has 0 amide bonds. The van der Waals surface area contributed by atoms with Crippen LogP contribution in [-0.4, -0.2) is 11.6 Å². The van der Waals surface area contributed by atoms with E-state index in [1.807, 2.05) is 36.4 Å². The van der Waals surface area contributed by atoms with Gasteiger partial charge in [-0.2, -0.15) is 0 Å². The average Bonchev–Trinajstić information content (AvgIpc) is 2.86. The molecule has 182 valence electrons. The molecule has 1 unspecified atom stereocenters. The van der Waals surface area contributed by atoms with Crippen LogP contribution in [0.1, 0.15) is 77.0 Å². The quantitative estimate of drug-likeness (QED) is 0.245. The minimum atomic E-state index is 0.356. The summed E-state index contributed by atoms with van der Waals surface area (Å²) in [5, 5.41) is 3.58. The second-order valence-corrected chi connectivity index (χ2v) is 9.22. The van der Waals surface area contributed by atoms with Crippen molar-refractivity contribution in [1.82, 2.24) is 4.98 Å². The Kier molecular flexibility index (Phi) is 10.3. The van der Waals surface area contributed by atoms with E-state index >= 15 is 0 Å². The molecule has 1 N–H and O–H groups in total. The first-order chi connectivity index (χ1) is 16.6. The lowest BCUT2D eigenvalue weighted by atomic mass is 9.96. The maximum Gasteiger partial charge on any atom is 0.130 e. The van der Waals surface area contributed by atoms with Crippen molar-refractivity contribution in [3.63, 3.8) is 0 Å². The Labute approximate surface area is 205 Å². The minimum absolute atomic E-state index is 0.356. The fraction of sp³-hybridized carbons (Fsp3) is 0.433. The van der Waals surface area contributed by atoms with Gasteiger partial charge in [0, 0.05) is 23.6 Å². The maximum atomic E-state index is 6.06. The van der Waals surface area contributed by atoms with E-state index in [1.165, 1.54) is 31.2 Å². The van der Waals surface area contributed by atoms with Gasteiger partial charge in [-0.25, -0.2) is 0 Å². The van der Waals surface area contributed by atoms with Crippen LogP contribution in [0.4, 0.5) is 11.4 Å². The number of nitrogens with one attached hydrogen (secondary N) is 1. The van der Waals surface area contributed by atoms with Gasteiger partial charge in [0.15, 0.2) is 0 Å². The third kappa shape index (κ3) is 8.09. The molecule has 3 rings (SSSR count). The van der Waals surface area contributed by atoms with Crippen molar-refractivity contribution in [1.29, 1.82) is 0 Å². The molecular weight excluding hydrogens is 420 g/mol. The zero-order valence-electron chi connectivity index (χ0n) is 21.2. The van der Waals surface area contributed by atoms with Crippen molar-refractivity contribution in [3.8, 4) is 11.5 Å². The highest BCUT2D eigenvalue weighted by atomic mass is 16.5. The fourth-order valence-corrected chi connectivity index (χ4v) is 4.20. The van der Waals surface area contributed by atoms with Gasteiger partial charge in [-0.15, -0.1) is 0 Å². The van der Waals surface area contributed by atoms with Crippen LogP contribution in [-0.2, 0) is 6.61 Å². The van der Waals surface area contributed by atoms with Crippen molar-refractivity contribution < 1.29 is 9.47 Å². The highest BCUT2D eigenvalue weighted by Gasteiger charge is 2.10. The summed E-state index contributed by atoms with van der Waals surface area (Å²) in [6.07, 6.45) is 7.99. The van der Waals surface area contributed by atoms with Gasteiger partial charge in [0.05, 0.1) is 12.3 Å². The Balaban J connectivity index is 1.59. The second kappa shape index (κ2) is 13.6. The number of pyridine rings is 1. The number of hydrogen-bond acceptors (Lipinski definition) is 4. The Morgan fingerprint density at radius 1 is 0.882 bits per heavy atom. The summed E-state index contributed by atoms with van der Waals surface area (Å²) >= 11 is 0. The molecule has 3 aromatic rings. The number of aromatic nitrogens is 1. The zero-order valence-corrected chi connectivity index (χ0v) is 21.2. The lowest BCUT2D eigenvalue weighted by molar-refractivity contribution is 0.286. The molecule has 0 aliphatic rings. The van der Waals surface area contributed by atoms with Crippen LogP contribution in [0.3, 0.4) is 0 Å². The Morgan fingerprint density at radius 3 is 2.47 bits per heavy atom. The molecule has 1 atom stereocenters. The van der Waals surface area contributed by atoms with Crippen LogP contribution < -0.4 is 14.8 Å². The highest BCUT2D eigenvalue weighted by Crippen LogP contribution is 2.32. The molecule has 1 heterocycles. The molecule has 0 aliphatic heterocycles. The molecule has 2 aromatic carbocycles. The monoisotopic (exact) mass is 460 g/mol. The largest absolute Gasteiger partial charge is 0.494 e. The van der Waals surface area contributed by atoms with E-state index in [9.17, 15) is 0 Å². The van der Waals surface area contributed by atoms with E-state index in [4.69, 9.17) is 9.47 Å². The fourth-order valence-electron chi connectivity index (χ4n) is 4.20. The van der Waals surface area contributed by atoms with E-state index in [2.05, 4.69) is 62.3 Å². The summed E-state index contributed by atoms with van der Waals surface area (Å²) < 4.78 is 12.1. The predicted octanol–water partition coefficient (Wildman–Crippen LogP) is 8.51. The molecule has 4 nitrogen and oxygen atoms in total. The molecule has 0 radical (unpaired) electrons. The molecular formula is C30H40N2O2. The van der Waals surface area contributed by atoms with Crippen LogP contribution in [0.5, 0.6) is 11.5 Å². The number of ether oxygens (including phenoxy) is 2. The first kappa shape index (κ1) is 25.6. The van der Waals surface area contributed by atoms with Crippen LogP contribution in [0.25, 0.3) is 0 Å². The van der Waals surface area contributed by atoms with Crippen LogP contribution in [0.15, 0.2) is 66.9 Å². The summed E-state index contributed by atoms with van der Waals surface area (Å²) in [6.45, 7) is 10.2. The normalized spacial score (nSPS) is 11.9. The van der Waals surface area contributed by atoms with E-state index in [0.717, 1.165) is 47.5 Å². The first-order valence-corrected chi connectivity index (χ1v) is 12.8. The SMILES string of the molecule is CCCC(CC)CCCOc1cccc(Nc2ccc(OCc3ccccn3)cc2C(C)C)c1. The van der Waals surface area contributed by atoms with Gasteiger partial charge in [-0.05, 0) is 72.7 Å². The van der Waals surface area contributed by atoms with Crippen LogP contribution >= 0.6 is 0 Å². The third-order valence-electron chi connectivity index (χ3n) is 6.17. The summed E-state index contributed by atoms with van der Waals surface area (Å²) in [4.78, 5) is 4.33. The van der Waals surface area contributed by atoms with Crippen LogP contribution in [0.2, 0.25) is 0 Å². The molecule has 4 heteroatoms.